The number of rotatable bonds is 5. The van der Waals surface area contributed by atoms with Crippen molar-refractivity contribution in [3.05, 3.63) is 24.3 Å². The molecule has 1 aliphatic heterocycles. The first-order chi connectivity index (χ1) is 11.7. The van der Waals surface area contributed by atoms with Crippen LogP contribution < -0.4 is 15.0 Å². The molecule has 1 heterocycles. The van der Waals surface area contributed by atoms with Crippen LogP contribution in [0.4, 0.5) is 5.69 Å². The van der Waals surface area contributed by atoms with Crippen LogP contribution in [-0.4, -0.2) is 32.0 Å². The summed E-state index contributed by atoms with van der Waals surface area (Å²) < 4.78 is 5.33. The third-order valence-electron chi connectivity index (χ3n) is 5.16. The van der Waals surface area contributed by atoms with Gasteiger partial charge < -0.3 is 15.0 Å². The van der Waals surface area contributed by atoms with Gasteiger partial charge in [-0.3, -0.25) is 9.59 Å². The van der Waals surface area contributed by atoms with Gasteiger partial charge in [0.2, 0.25) is 11.8 Å². The van der Waals surface area contributed by atoms with E-state index in [1.165, 1.54) is 32.1 Å². The fraction of sp³-hybridized carbons (Fsp3) is 0.579. The smallest absolute Gasteiger partial charge is 0.227 e. The van der Waals surface area contributed by atoms with Gasteiger partial charge in [-0.25, -0.2) is 0 Å². The Morgan fingerprint density at radius 1 is 1.25 bits per heavy atom. The van der Waals surface area contributed by atoms with E-state index in [0.29, 0.717) is 18.2 Å². The number of ether oxygens (including phenoxy) is 1. The number of carbonyl (C=O) groups is 2. The molecule has 0 spiro atoms. The summed E-state index contributed by atoms with van der Waals surface area (Å²) in [7, 11) is 1.59. The van der Waals surface area contributed by atoms with Crippen molar-refractivity contribution >= 4 is 17.5 Å². The van der Waals surface area contributed by atoms with Crippen LogP contribution in [0.2, 0.25) is 0 Å². The molecule has 0 aromatic heterocycles. The first-order valence-corrected chi connectivity index (χ1v) is 8.90. The average molecular weight is 330 g/mol. The lowest BCUT2D eigenvalue weighted by Gasteiger charge is -2.23. The van der Waals surface area contributed by atoms with E-state index < -0.39 is 0 Å². The van der Waals surface area contributed by atoms with Crippen molar-refractivity contribution in [3.8, 4) is 5.75 Å². The van der Waals surface area contributed by atoms with Crippen molar-refractivity contribution in [2.24, 2.45) is 11.8 Å². The number of benzene rings is 1. The summed E-state index contributed by atoms with van der Waals surface area (Å²) in [4.78, 5) is 26.5. The number of anilines is 1. The van der Waals surface area contributed by atoms with Crippen LogP contribution >= 0.6 is 0 Å². The Morgan fingerprint density at radius 3 is 2.75 bits per heavy atom. The highest BCUT2D eigenvalue weighted by Crippen LogP contribution is 2.32. The first kappa shape index (κ1) is 16.8. The number of para-hydroxylation sites is 2. The Labute approximate surface area is 143 Å². The topological polar surface area (TPSA) is 58.6 Å². The van der Waals surface area contributed by atoms with Gasteiger partial charge in [0.15, 0.2) is 0 Å². The quantitative estimate of drug-likeness (QED) is 0.903. The molecule has 1 atom stereocenters. The van der Waals surface area contributed by atoms with Gasteiger partial charge in [-0.05, 0) is 30.9 Å². The zero-order valence-corrected chi connectivity index (χ0v) is 14.3. The average Bonchev–Trinajstić information content (AvgIpc) is 3.02. The molecule has 0 bridgehead atoms. The lowest BCUT2D eigenvalue weighted by molar-refractivity contribution is -0.126. The van der Waals surface area contributed by atoms with Crippen LogP contribution in [-0.2, 0) is 9.59 Å². The molecule has 1 aromatic rings. The predicted octanol–water partition coefficient (Wildman–Crippen LogP) is 2.74. The van der Waals surface area contributed by atoms with Gasteiger partial charge in [-0.2, -0.15) is 0 Å². The number of methoxy groups -OCH3 is 1. The minimum Gasteiger partial charge on any atom is -0.495 e. The van der Waals surface area contributed by atoms with E-state index in [1.807, 2.05) is 24.3 Å². The van der Waals surface area contributed by atoms with E-state index in [9.17, 15) is 9.59 Å². The van der Waals surface area contributed by atoms with Gasteiger partial charge in [-0.15, -0.1) is 0 Å². The highest BCUT2D eigenvalue weighted by molar-refractivity contribution is 6.01. The van der Waals surface area contributed by atoms with Crippen LogP contribution in [0.5, 0.6) is 5.75 Å². The highest BCUT2D eigenvalue weighted by Gasteiger charge is 2.36. The zero-order chi connectivity index (χ0) is 16.9. The fourth-order valence-electron chi connectivity index (χ4n) is 3.75. The second kappa shape index (κ2) is 7.69. The maximum atomic E-state index is 12.4. The van der Waals surface area contributed by atoms with Crippen LogP contribution in [0.25, 0.3) is 0 Å². The Morgan fingerprint density at radius 2 is 2.00 bits per heavy atom. The minimum absolute atomic E-state index is 0.00585. The molecule has 130 valence electrons. The summed E-state index contributed by atoms with van der Waals surface area (Å²) in [5, 5.41) is 3.07. The van der Waals surface area contributed by atoms with E-state index in [4.69, 9.17) is 4.74 Å². The minimum atomic E-state index is -0.272. The van der Waals surface area contributed by atoms with Crippen LogP contribution in [0.1, 0.15) is 38.5 Å². The third kappa shape index (κ3) is 3.71. The Hall–Kier alpha value is -2.04. The molecule has 2 aliphatic rings. The summed E-state index contributed by atoms with van der Waals surface area (Å²) >= 11 is 0. The van der Waals surface area contributed by atoms with Crippen molar-refractivity contribution in [2.45, 2.75) is 38.5 Å². The number of carbonyl (C=O) groups excluding carboxylic acids is 2. The number of nitrogens with one attached hydrogen (secondary N) is 1. The van der Waals surface area contributed by atoms with Gasteiger partial charge in [0.25, 0.3) is 0 Å². The van der Waals surface area contributed by atoms with E-state index in [-0.39, 0.29) is 24.2 Å². The Balaban J connectivity index is 1.58. The predicted molar refractivity (Wildman–Crippen MR) is 93.0 cm³/mol. The van der Waals surface area contributed by atoms with Gasteiger partial charge in [0, 0.05) is 19.5 Å². The van der Waals surface area contributed by atoms with E-state index in [0.717, 1.165) is 12.2 Å². The van der Waals surface area contributed by atoms with Crippen molar-refractivity contribution in [2.75, 3.05) is 25.1 Å². The molecule has 5 nitrogen and oxygen atoms in total. The van der Waals surface area contributed by atoms with E-state index in [2.05, 4.69) is 5.32 Å². The Kier molecular flexibility index (Phi) is 5.38. The largest absolute Gasteiger partial charge is 0.495 e. The molecule has 1 aromatic carbocycles. The van der Waals surface area contributed by atoms with Crippen molar-refractivity contribution < 1.29 is 14.3 Å². The third-order valence-corrected chi connectivity index (χ3v) is 5.16. The summed E-state index contributed by atoms with van der Waals surface area (Å²) in [6.07, 6.45) is 6.53. The van der Waals surface area contributed by atoms with E-state index in [1.54, 1.807) is 12.0 Å². The molecule has 1 aliphatic carbocycles. The molecule has 3 rings (SSSR count). The molecule has 0 radical (unpaired) electrons. The molecule has 2 amide bonds. The molecule has 1 saturated carbocycles. The molecule has 1 saturated heterocycles. The Bertz CT molecular complexity index is 596. The summed E-state index contributed by atoms with van der Waals surface area (Å²) in [5.74, 6) is 0.980. The second-order valence-electron chi connectivity index (χ2n) is 6.83. The highest BCUT2D eigenvalue weighted by atomic mass is 16.5. The monoisotopic (exact) mass is 330 g/mol. The lowest BCUT2D eigenvalue weighted by atomic mass is 9.89. The maximum absolute atomic E-state index is 12.4. The van der Waals surface area contributed by atoms with Gasteiger partial charge in [0.1, 0.15) is 5.75 Å². The van der Waals surface area contributed by atoms with Gasteiger partial charge >= 0.3 is 0 Å². The number of nitrogens with zero attached hydrogens (tertiary/aromatic N) is 1. The fourth-order valence-corrected chi connectivity index (χ4v) is 3.75. The number of amides is 2. The standard InChI is InChI=1S/C19H26N2O3/c1-24-17-10-6-5-9-16(17)21-13-15(11-18(21)22)19(23)20-12-14-7-3-2-4-8-14/h5-6,9-10,14-15H,2-4,7-8,11-13H2,1H3,(H,20,23). The molecule has 24 heavy (non-hydrogen) atoms. The van der Waals surface area contributed by atoms with Crippen molar-refractivity contribution in [1.29, 1.82) is 0 Å². The summed E-state index contributed by atoms with van der Waals surface area (Å²) in [5.41, 5.74) is 0.743. The normalized spacial score (nSPS) is 21.8. The number of hydrogen-bond acceptors (Lipinski definition) is 3. The summed E-state index contributed by atoms with van der Waals surface area (Å²) in [6.45, 7) is 1.17. The van der Waals surface area contributed by atoms with Gasteiger partial charge in [-0.1, -0.05) is 31.4 Å². The van der Waals surface area contributed by atoms with Crippen LogP contribution in [0.3, 0.4) is 0 Å². The molecule has 5 heteroatoms. The maximum Gasteiger partial charge on any atom is 0.227 e. The molecule has 2 fully saturated rings. The molecule has 1 N–H and O–H groups in total. The number of hydrogen-bond donors (Lipinski definition) is 1. The zero-order valence-electron chi connectivity index (χ0n) is 14.3. The molecular weight excluding hydrogens is 304 g/mol. The van der Waals surface area contributed by atoms with Crippen LogP contribution in [0.15, 0.2) is 24.3 Å². The molecule has 1 unspecified atom stereocenters. The van der Waals surface area contributed by atoms with E-state index >= 15 is 0 Å². The second-order valence-corrected chi connectivity index (χ2v) is 6.83. The van der Waals surface area contributed by atoms with Gasteiger partial charge in [0.05, 0.1) is 18.7 Å². The lowest BCUT2D eigenvalue weighted by Crippen LogP contribution is -2.36. The van der Waals surface area contributed by atoms with Crippen molar-refractivity contribution in [3.63, 3.8) is 0 Å². The SMILES string of the molecule is COc1ccccc1N1CC(C(=O)NCC2CCCCC2)CC1=O. The van der Waals surface area contributed by atoms with Crippen molar-refractivity contribution in [1.82, 2.24) is 5.32 Å². The molecular formula is C19H26N2O3. The first-order valence-electron chi connectivity index (χ1n) is 8.90. The van der Waals surface area contributed by atoms with Crippen LogP contribution in [0, 0.1) is 11.8 Å². The summed E-state index contributed by atoms with van der Waals surface area (Å²) in [6, 6.07) is 7.44.